The third-order valence-corrected chi connectivity index (χ3v) is 8.90. The van der Waals surface area contributed by atoms with Crippen molar-refractivity contribution in [1.29, 1.82) is 0 Å². The van der Waals surface area contributed by atoms with Crippen molar-refractivity contribution in [3.63, 3.8) is 0 Å². The lowest BCUT2D eigenvalue weighted by molar-refractivity contribution is -0.148. The fourth-order valence-corrected chi connectivity index (χ4v) is 7.56. The minimum absolute atomic E-state index is 0.0363. The smallest absolute Gasteiger partial charge is 0.338 e. The molecule has 1 aromatic heterocycles. The molecule has 0 radical (unpaired) electrons. The van der Waals surface area contributed by atoms with Gasteiger partial charge in [-0.15, -0.1) is 0 Å². The quantitative estimate of drug-likeness (QED) is 0.359. The maximum Gasteiger partial charge on any atom is 0.338 e. The van der Waals surface area contributed by atoms with Crippen LogP contribution in [0.4, 0.5) is 5.69 Å². The number of nitrogens with one attached hydrogen (secondary N) is 3. The number of amides is 2. The zero-order valence-corrected chi connectivity index (χ0v) is 21.8. The van der Waals surface area contributed by atoms with Gasteiger partial charge in [-0.1, -0.05) is 18.2 Å². The van der Waals surface area contributed by atoms with Gasteiger partial charge in [-0.3, -0.25) is 9.59 Å². The molecule has 0 saturated heterocycles. The van der Waals surface area contributed by atoms with Crippen LogP contribution >= 0.6 is 0 Å². The summed E-state index contributed by atoms with van der Waals surface area (Å²) in [4.78, 5) is 42.8. The molecule has 7 nitrogen and oxygen atoms in total. The normalized spacial score (nSPS) is 26.2. The number of aromatic amines is 1. The number of hydrogen-bond acceptors (Lipinski definition) is 4. The molecule has 4 aliphatic carbocycles. The van der Waals surface area contributed by atoms with Crippen molar-refractivity contribution in [3.05, 3.63) is 65.9 Å². The highest BCUT2D eigenvalue weighted by molar-refractivity contribution is 5.99. The van der Waals surface area contributed by atoms with Crippen LogP contribution in [0.3, 0.4) is 0 Å². The molecule has 38 heavy (non-hydrogen) atoms. The number of ether oxygens (including phenoxy) is 1. The Morgan fingerprint density at radius 3 is 2.29 bits per heavy atom. The summed E-state index contributed by atoms with van der Waals surface area (Å²) in [6.07, 6.45) is 8.92. The fraction of sp³-hybridized carbons (Fsp3) is 0.452. The van der Waals surface area contributed by atoms with Gasteiger partial charge >= 0.3 is 5.97 Å². The molecule has 1 unspecified atom stereocenters. The van der Waals surface area contributed by atoms with Crippen molar-refractivity contribution in [2.45, 2.75) is 57.9 Å². The molecule has 7 rings (SSSR count). The van der Waals surface area contributed by atoms with Gasteiger partial charge in [0.25, 0.3) is 0 Å². The Hall–Kier alpha value is -3.61. The lowest BCUT2D eigenvalue weighted by atomic mass is 9.49. The fourth-order valence-electron chi connectivity index (χ4n) is 7.56. The molecule has 4 aliphatic rings. The number of benzene rings is 2. The maximum atomic E-state index is 13.9. The molecule has 2 amide bonds. The highest BCUT2D eigenvalue weighted by Gasteiger charge is 2.55. The van der Waals surface area contributed by atoms with E-state index in [1.54, 1.807) is 31.2 Å². The van der Waals surface area contributed by atoms with E-state index < -0.39 is 12.0 Å². The van der Waals surface area contributed by atoms with Crippen LogP contribution < -0.4 is 10.6 Å². The molecular formula is C31H35N3O4. The highest BCUT2D eigenvalue weighted by atomic mass is 16.5. The second-order valence-electron chi connectivity index (χ2n) is 11.6. The molecule has 0 aliphatic heterocycles. The lowest BCUT2D eigenvalue weighted by Gasteiger charge is -2.55. The maximum absolute atomic E-state index is 13.9. The van der Waals surface area contributed by atoms with E-state index in [1.165, 1.54) is 19.3 Å². The Morgan fingerprint density at radius 2 is 1.63 bits per heavy atom. The van der Waals surface area contributed by atoms with Crippen LogP contribution in [0.1, 0.15) is 61.4 Å². The summed E-state index contributed by atoms with van der Waals surface area (Å²) < 4.78 is 5.05. The molecule has 1 heterocycles. The summed E-state index contributed by atoms with van der Waals surface area (Å²) >= 11 is 0. The molecule has 0 spiro atoms. The van der Waals surface area contributed by atoms with E-state index in [0.29, 0.717) is 42.0 Å². The number of anilines is 1. The number of aromatic nitrogens is 1. The van der Waals surface area contributed by atoms with E-state index in [4.69, 9.17) is 4.74 Å². The number of carbonyl (C=O) groups is 3. The second-order valence-corrected chi connectivity index (χ2v) is 11.6. The van der Waals surface area contributed by atoms with Crippen LogP contribution in [0.5, 0.6) is 0 Å². The van der Waals surface area contributed by atoms with E-state index in [2.05, 4.69) is 15.6 Å². The molecule has 198 valence electrons. The largest absolute Gasteiger partial charge is 0.462 e. The Balaban J connectivity index is 1.23. The van der Waals surface area contributed by atoms with Crippen molar-refractivity contribution >= 4 is 34.4 Å². The molecule has 1 atom stereocenters. The van der Waals surface area contributed by atoms with Gasteiger partial charge in [-0.25, -0.2) is 4.79 Å². The molecule has 3 N–H and O–H groups in total. The Labute approximate surface area is 222 Å². The van der Waals surface area contributed by atoms with Crippen molar-refractivity contribution in [2.24, 2.45) is 23.2 Å². The van der Waals surface area contributed by atoms with Crippen LogP contribution in [0.25, 0.3) is 10.9 Å². The van der Waals surface area contributed by atoms with E-state index in [0.717, 1.165) is 35.7 Å². The van der Waals surface area contributed by atoms with Gasteiger partial charge in [0.05, 0.1) is 12.2 Å². The second kappa shape index (κ2) is 9.93. The van der Waals surface area contributed by atoms with Crippen LogP contribution in [0.2, 0.25) is 0 Å². The topological polar surface area (TPSA) is 100 Å². The zero-order chi connectivity index (χ0) is 26.3. The van der Waals surface area contributed by atoms with Gasteiger partial charge in [0.2, 0.25) is 11.8 Å². The average Bonchev–Trinajstić information content (AvgIpc) is 3.31. The van der Waals surface area contributed by atoms with Crippen molar-refractivity contribution in [1.82, 2.24) is 10.3 Å². The zero-order valence-electron chi connectivity index (χ0n) is 21.8. The summed E-state index contributed by atoms with van der Waals surface area (Å²) in [5.41, 5.74) is 2.65. The predicted octanol–water partition coefficient (Wildman–Crippen LogP) is 5.23. The Bertz CT molecular complexity index is 1320. The third-order valence-electron chi connectivity index (χ3n) is 8.90. The lowest BCUT2D eigenvalue weighted by Crippen LogP contribution is -2.57. The Morgan fingerprint density at radius 1 is 0.974 bits per heavy atom. The first kappa shape index (κ1) is 24.7. The number of H-pyrrole nitrogens is 1. The predicted molar refractivity (Wildman–Crippen MR) is 146 cm³/mol. The SMILES string of the molecule is CCOC(=O)c1ccc(NC(=O)C(Cc2c[nH]c3ccccc23)NC(=O)C23CC4CC(CC(C4)C2)C3)cc1. The standard InChI is InChI=1S/C31H35N3O4/c1-2-38-29(36)22-7-9-24(10-8-22)33-28(35)27(14-23-18-32-26-6-4-3-5-25(23)26)34-30(37)31-15-19-11-20(16-31)13-21(12-19)17-31/h3-10,18-21,27,32H,2,11-17H2,1H3,(H,33,35)(H,34,37). The van der Waals surface area contributed by atoms with Gasteiger partial charge in [0.15, 0.2) is 0 Å². The monoisotopic (exact) mass is 513 g/mol. The summed E-state index contributed by atoms with van der Waals surface area (Å²) in [6, 6.07) is 13.9. The Kier molecular flexibility index (Phi) is 6.46. The van der Waals surface area contributed by atoms with Gasteiger partial charge < -0.3 is 20.4 Å². The van der Waals surface area contributed by atoms with Crippen molar-refractivity contribution in [3.8, 4) is 0 Å². The molecule has 4 bridgehead atoms. The first-order valence-corrected chi connectivity index (χ1v) is 13.9. The molecular weight excluding hydrogens is 478 g/mol. The number of esters is 1. The molecule has 4 fully saturated rings. The molecule has 7 heteroatoms. The molecule has 4 saturated carbocycles. The van der Waals surface area contributed by atoms with Crippen LogP contribution in [-0.2, 0) is 20.7 Å². The minimum Gasteiger partial charge on any atom is -0.462 e. The van der Waals surface area contributed by atoms with Gasteiger partial charge in [-0.2, -0.15) is 0 Å². The van der Waals surface area contributed by atoms with E-state index in [1.807, 2.05) is 30.5 Å². The third kappa shape index (κ3) is 4.70. The van der Waals surface area contributed by atoms with Crippen molar-refractivity contribution < 1.29 is 19.1 Å². The summed E-state index contributed by atoms with van der Waals surface area (Å²) in [6.45, 7) is 2.06. The van der Waals surface area contributed by atoms with Gasteiger partial charge in [0.1, 0.15) is 6.04 Å². The van der Waals surface area contributed by atoms with Crippen molar-refractivity contribution in [2.75, 3.05) is 11.9 Å². The van der Waals surface area contributed by atoms with Crippen LogP contribution in [-0.4, -0.2) is 35.4 Å². The number of hydrogen-bond donors (Lipinski definition) is 3. The van der Waals surface area contributed by atoms with Gasteiger partial charge in [-0.05, 0) is 99.1 Å². The summed E-state index contributed by atoms with van der Waals surface area (Å²) in [5, 5.41) is 7.22. The number of para-hydroxylation sites is 1. The first-order chi connectivity index (χ1) is 18.4. The van der Waals surface area contributed by atoms with E-state index >= 15 is 0 Å². The summed E-state index contributed by atoms with van der Waals surface area (Å²) in [7, 11) is 0. The minimum atomic E-state index is -0.723. The summed E-state index contributed by atoms with van der Waals surface area (Å²) in [5.74, 6) is 1.30. The highest BCUT2D eigenvalue weighted by Crippen LogP contribution is 2.60. The first-order valence-electron chi connectivity index (χ1n) is 13.9. The van der Waals surface area contributed by atoms with E-state index in [-0.39, 0.29) is 17.2 Å². The molecule has 2 aromatic carbocycles. The van der Waals surface area contributed by atoms with E-state index in [9.17, 15) is 14.4 Å². The number of carbonyl (C=O) groups excluding carboxylic acids is 3. The number of rotatable bonds is 8. The van der Waals surface area contributed by atoms with Crippen LogP contribution in [0, 0.1) is 23.2 Å². The average molecular weight is 514 g/mol. The van der Waals surface area contributed by atoms with Gasteiger partial charge in [0, 0.05) is 34.6 Å². The van der Waals surface area contributed by atoms with Crippen LogP contribution in [0.15, 0.2) is 54.7 Å². The molecule has 3 aromatic rings. The number of fused-ring (bicyclic) bond motifs is 1.